The molecule has 0 bridgehead atoms. The first-order valence-electron chi connectivity index (χ1n) is 6.03. The van der Waals surface area contributed by atoms with E-state index in [1.807, 2.05) is 19.9 Å². The van der Waals surface area contributed by atoms with E-state index in [2.05, 4.69) is 4.98 Å². The average Bonchev–Trinajstić information content (AvgIpc) is 2.67. The molecule has 0 spiro atoms. The number of nitrogens with one attached hydrogen (secondary N) is 1. The normalized spacial score (nSPS) is 13.7. The Labute approximate surface area is 113 Å². The molecule has 2 rings (SSSR count). The fraction of sp³-hybridized carbons (Fsp3) is 0.385. The molecule has 108 valence electrons. The van der Waals surface area contributed by atoms with Crippen LogP contribution in [-0.4, -0.2) is 21.6 Å². The van der Waals surface area contributed by atoms with Gasteiger partial charge in [0.2, 0.25) is 0 Å². The largest absolute Gasteiger partial charge is 0.400 e. The minimum Gasteiger partial charge on any atom is -0.387 e. The zero-order chi connectivity index (χ0) is 15.1. The Morgan fingerprint density at radius 3 is 2.50 bits per heavy atom. The van der Waals surface area contributed by atoms with Crippen LogP contribution in [0.25, 0.3) is 11.0 Å². The van der Waals surface area contributed by atoms with Crippen molar-refractivity contribution in [3.05, 3.63) is 29.6 Å². The highest BCUT2D eigenvalue weighted by atomic mass is 19.4. The van der Waals surface area contributed by atoms with Gasteiger partial charge in [0.25, 0.3) is 0 Å². The van der Waals surface area contributed by atoms with E-state index in [-0.39, 0.29) is 0 Å². The van der Waals surface area contributed by atoms with Gasteiger partial charge in [-0.2, -0.15) is 13.2 Å². The lowest BCUT2D eigenvalue weighted by Gasteiger charge is -2.19. The molecule has 0 saturated carbocycles. The number of hydrogen-bond donors (Lipinski definition) is 2. The van der Waals surface area contributed by atoms with E-state index in [1.54, 1.807) is 6.07 Å². The summed E-state index contributed by atoms with van der Waals surface area (Å²) in [5.74, 6) is -2.88. The lowest BCUT2D eigenvalue weighted by Crippen LogP contribution is -2.38. The van der Waals surface area contributed by atoms with Crippen LogP contribution in [0, 0.1) is 25.2 Å². The molecule has 0 aliphatic rings. The number of halogens is 3. The number of aryl methyl sites for hydroxylation is 2. The Morgan fingerprint density at radius 1 is 1.35 bits per heavy atom. The maximum Gasteiger partial charge on any atom is 0.400 e. The predicted octanol–water partition coefficient (Wildman–Crippen LogP) is 2.77. The van der Waals surface area contributed by atoms with Gasteiger partial charge >= 0.3 is 6.18 Å². The molecule has 0 fully saturated rings. The van der Waals surface area contributed by atoms with Crippen molar-refractivity contribution in [2.24, 2.45) is 11.7 Å². The van der Waals surface area contributed by atoms with Gasteiger partial charge in [-0.25, -0.2) is 4.98 Å². The van der Waals surface area contributed by atoms with Crippen molar-refractivity contribution in [2.75, 3.05) is 0 Å². The van der Waals surface area contributed by atoms with Gasteiger partial charge in [-0.3, -0.25) is 5.41 Å². The van der Waals surface area contributed by atoms with Gasteiger partial charge in [0, 0.05) is 6.54 Å². The van der Waals surface area contributed by atoms with Crippen LogP contribution in [0.5, 0.6) is 0 Å². The van der Waals surface area contributed by atoms with E-state index in [1.165, 1.54) is 10.9 Å². The van der Waals surface area contributed by atoms with Crippen LogP contribution in [-0.2, 0) is 6.54 Å². The molecule has 0 saturated heterocycles. The Balaban J connectivity index is 2.43. The number of benzene rings is 1. The van der Waals surface area contributed by atoms with Crippen molar-refractivity contribution >= 4 is 16.9 Å². The molecular weight excluding hydrogens is 269 g/mol. The molecule has 0 radical (unpaired) electrons. The zero-order valence-corrected chi connectivity index (χ0v) is 11.1. The standard InChI is InChI=1S/C13H15F3N4/c1-7-3-10-11(4-8(7)2)20(6-19-10)5-9(12(17)18)13(14,15)16/h3-4,6,9H,5H2,1-2H3,(H3,17,18). The summed E-state index contributed by atoms with van der Waals surface area (Å²) >= 11 is 0. The van der Waals surface area contributed by atoms with E-state index in [0.29, 0.717) is 11.0 Å². The Bertz CT molecular complexity index is 657. The lowest BCUT2D eigenvalue weighted by molar-refractivity contribution is -0.158. The van der Waals surface area contributed by atoms with E-state index < -0.39 is 24.5 Å². The van der Waals surface area contributed by atoms with E-state index >= 15 is 0 Å². The summed E-state index contributed by atoms with van der Waals surface area (Å²) in [4.78, 5) is 4.10. The minimum atomic E-state index is -4.54. The van der Waals surface area contributed by atoms with Crippen LogP contribution >= 0.6 is 0 Å². The highest BCUT2D eigenvalue weighted by Gasteiger charge is 2.42. The molecule has 2 aromatic rings. The summed E-state index contributed by atoms with van der Waals surface area (Å²) in [5.41, 5.74) is 8.32. The topological polar surface area (TPSA) is 67.7 Å². The molecule has 4 nitrogen and oxygen atoms in total. The van der Waals surface area contributed by atoms with Crippen molar-refractivity contribution in [2.45, 2.75) is 26.6 Å². The van der Waals surface area contributed by atoms with Crippen molar-refractivity contribution in [3.8, 4) is 0 Å². The quantitative estimate of drug-likeness (QED) is 0.672. The molecule has 0 aliphatic carbocycles. The third-order valence-corrected chi connectivity index (χ3v) is 3.39. The second-order valence-corrected chi connectivity index (χ2v) is 4.87. The Hall–Kier alpha value is -2.05. The van der Waals surface area contributed by atoms with Crippen LogP contribution < -0.4 is 5.73 Å². The number of alkyl halides is 3. The summed E-state index contributed by atoms with van der Waals surface area (Å²) < 4.78 is 39.9. The molecule has 0 amide bonds. The van der Waals surface area contributed by atoms with Crippen molar-refractivity contribution in [1.29, 1.82) is 5.41 Å². The van der Waals surface area contributed by atoms with Gasteiger partial charge in [-0.05, 0) is 37.1 Å². The molecule has 1 aromatic heterocycles. The highest BCUT2D eigenvalue weighted by molar-refractivity contribution is 5.81. The first-order chi connectivity index (χ1) is 9.20. The first kappa shape index (κ1) is 14.4. The molecule has 1 unspecified atom stereocenters. The summed E-state index contributed by atoms with van der Waals surface area (Å²) in [7, 11) is 0. The maximum absolute atomic E-state index is 12.9. The summed E-state index contributed by atoms with van der Waals surface area (Å²) in [6.45, 7) is 3.37. The van der Waals surface area contributed by atoms with Crippen LogP contribution in [0.15, 0.2) is 18.5 Å². The van der Waals surface area contributed by atoms with E-state index in [4.69, 9.17) is 11.1 Å². The monoisotopic (exact) mass is 284 g/mol. The number of hydrogen-bond acceptors (Lipinski definition) is 2. The molecule has 1 atom stereocenters. The molecule has 1 heterocycles. The number of nitrogens with two attached hydrogens (primary N) is 1. The fourth-order valence-corrected chi connectivity index (χ4v) is 2.03. The van der Waals surface area contributed by atoms with E-state index in [9.17, 15) is 13.2 Å². The second-order valence-electron chi connectivity index (χ2n) is 4.87. The molecule has 7 heteroatoms. The first-order valence-corrected chi connectivity index (χ1v) is 6.03. The number of rotatable bonds is 3. The van der Waals surface area contributed by atoms with Gasteiger partial charge in [-0.1, -0.05) is 0 Å². The van der Waals surface area contributed by atoms with Gasteiger partial charge in [-0.15, -0.1) is 0 Å². The van der Waals surface area contributed by atoms with Crippen LogP contribution in [0.1, 0.15) is 11.1 Å². The zero-order valence-electron chi connectivity index (χ0n) is 11.1. The average molecular weight is 284 g/mol. The number of amidine groups is 1. The second kappa shape index (κ2) is 4.81. The predicted molar refractivity (Wildman–Crippen MR) is 70.7 cm³/mol. The van der Waals surface area contributed by atoms with Crippen LogP contribution in [0.3, 0.4) is 0 Å². The van der Waals surface area contributed by atoms with Crippen LogP contribution in [0.4, 0.5) is 13.2 Å². The highest BCUT2D eigenvalue weighted by Crippen LogP contribution is 2.29. The number of nitrogens with zero attached hydrogens (tertiary/aromatic N) is 2. The lowest BCUT2D eigenvalue weighted by atomic mass is 10.1. The maximum atomic E-state index is 12.9. The third kappa shape index (κ3) is 2.61. The van der Waals surface area contributed by atoms with Gasteiger partial charge < -0.3 is 10.3 Å². The fourth-order valence-electron chi connectivity index (χ4n) is 2.03. The smallest absolute Gasteiger partial charge is 0.387 e. The van der Waals surface area contributed by atoms with E-state index in [0.717, 1.165) is 11.1 Å². The van der Waals surface area contributed by atoms with Gasteiger partial charge in [0.1, 0.15) is 11.8 Å². The summed E-state index contributed by atoms with van der Waals surface area (Å²) in [6.07, 6.45) is -3.19. The minimum absolute atomic E-state index is 0.433. The third-order valence-electron chi connectivity index (χ3n) is 3.39. The molecular formula is C13H15F3N4. The number of fused-ring (bicyclic) bond motifs is 1. The number of imidazole rings is 1. The van der Waals surface area contributed by atoms with Crippen molar-refractivity contribution in [3.63, 3.8) is 0 Å². The van der Waals surface area contributed by atoms with Gasteiger partial charge in [0.15, 0.2) is 0 Å². The van der Waals surface area contributed by atoms with Gasteiger partial charge in [0.05, 0.1) is 17.4 Å². The number of aromatic nitrogens is 2. The molecule has 3 N–H and O–H groups in total. The molecule has 0 aliphatic heterocycles. The summed E-state index contributed by atoms with van der Waals surface area (Å²) in [5, 5.41) is 7.12. The summed E-state index contributed by atoms with van der Waals surface area (Å²) in [6, 6.07) is 3.63. The Morgan fingerprint density at radius 2 is 1.95 bits per heavy atom. The molecule has 1 aromatic carbocycles. The van der Waals surface area contributed by atoms with Crippen molar-refractivity contribution < 1.29 is 13.2 Å². The molecule has 20 heavy (non-hydrogen) atoms. The van der Waals surface area contributed by atoms with Crippen molar-refractivity contribution in [1.82, 2.24) is 9.55 Å². The van der Waals surface area contributed by atoms with Crippen LogP contribution in [0.2, 0.25) is 0 Å². The SMILES string of the molecule is Cc1cc2ncn(CC(C(=N)N)C(F)(F)F)c2cc1C. The Kier molecular flexibility index (Phi) is 3.45.